The lowest BCUT2D eigenvalue weighted by Crippen LogP contribution is -2.03. The highest BCUT2D eigenvalue weighted by atomic mass is 16.3. The fraction of sp³-hybridized carbons (Fsp3) is 0.333. The third kappa shape index (κ3) is 3.40. The first-order chi connectivity index (χ1) is 9.76. The predicted molar refractivity (Wildman–Crippen MR) is 81.8 cm³/mol. The van der Waals surface area contributed by atoms with Crippen molar-refractivity contribution in [1.29, 1.82) is 0 Å². The molecule has 2 nitrogen and oxygen atoms in total. The molecule has 0 saturated carbocycles. The molecule has 0 aliphatic carbocycles. The number of rotatable bonds is 6. The Morgan fingerprint density at radius 3 is 2.45 bits per heavy atom. The van der Waals surface area contributed by atoms with Gasteiger partial charge in [-0.2, -0.15) is 0 Å². The van der Waals surface area contributed by atoms with Crippen molar-refractivity contribution >= 4 is 0 Å². The van der Waals surface area contributed by atoms with Crippen LogP contribution in [0.4, 0.5) is 0 Å². The Morgan fingerprint density at radius 1 is 1.05 bits per heavy atom. The highest BCUT2D eigenvalue weighted by Gasteiger charge is 2.17. The summed E-state index contributed by atoms with van der Waals surface area (Å²) in [5.41, 5.74) is 2.97. The average Bonchev–Trinajstić information content (AvgIpc) is 2.50. The Kier molecular flexibility index (Phi) is 5.19. The van der Waals surface area contributed by atoms with Crippen molar-refractivity contribution < 1.29 is 10.2 Å². The van der Waals surface area contributed by atoms with Crippen molar-refractivity contribution in [2.75, 3.05) is 0 Å². The van der Waals surface area contributed by atoms with Crippen molar-refractivity contribution in [2.45, 2.75) is 38.7 Å². The van der Waals surface area contributed by atoms with Gasteiger partial charge in [-0.1, -0.05) is 56.2 Å². The van der Waals surface area contributed by atoms with Crippen LogP contribution in [0.3, 0.4) is 0 Å². The van der Waals surface area contributed by atoms with E-state index in [2.05, 4.69) is 19.1 Å². The normalized spacial score (nSPS) is 12.3. The first-order valence-corrected chi connectivity index (χ1v) is 7.23. The molecule has 20 heavy (non-hydrogen) atoms. The minimum absolute atomic E-state index is 0.00255. The summed E-state index contributed by atoms with van der Waals surface area (Å²) in [6.45, 7) is 2.18. The van der Waals surface area contributed by atoms with Gasteiger partial charge in [-0.25, -0.2) is 0 Å². The molecule has 0 fully saturated rings. The van der Waals surface area contributed by atoms with E-state index >= 15 is 0 Å². The molecule has 2 aromatic carbocycles. The Labute approximate surface area is 120 Å². The summed E-state index contributed by atoms with van der Waals surface area (Å²) in [5, 5.41) is 19.5. The zero-order chi connectivity index (χ0) is 14.4. The molecule has 106 valence electrons. The van der Waals surface area contributed by atoms with Crippen LogP contribution in [0, 0.1) is 0 Å². The standard InChI is InChI=1S/C18H22O2/c1-2-3-9-16(15-7-5-4-6-8-15)17-12-14(13-19)10-11-18(17)20/h4-8,10-12,16,19-20H,2-3,9,13H2,1H3. The minimum Gasteiger partial charge on any atom is -0.508 e. The summed E-state index contributed by atoms with van der Waals surface area (Å²) in [6.07, 6.45) is 3.25. The van der Waals surface area contributed by atoms with Crippen LogP contribution in [-0.4, -0.2) is 10.2 Å². The molecule has 2 aromatic rings. The van der Waals surface area contributed by atoms with E-state index in [1.54, 1.807) is 12.1 Å². The summed E-state index contributed by atoms with van der Waals surface area (Å²) in [6, 6.07) is 15.6. The highest BCUT2D eigenvalue weighted by Crippen LogP contribution is 2.35. The van der Waals surface area contributed by atoms with E-state index in [0.29, 0.717) is 5.75 Å². The number of phenolic OH excluding ortho intramolecular Hbond substituents is 1. The smallest absolute Gasteiger partial charge is 0.119 e. The van der Waals surface area contributed by atoms with Crippen LogP contribution in [0.15, 0.2) is 48.5 Å². The maximum atomic E-state index is 10.2. The van der Waals surface area contributed by atoms with Gasteiger partial charge in [0.25, 0.3) is 0 Å². The van der Waals surface area contributed by atoms with Gasteiger partial charge in [-0.3, -0.25) is 0 Å². The summed E-state index contributed by atoms with van der Waals surface area (Å²) in [5.74, 6) is 0.495. The van der Waals surface area contributed by atoms with Crippen LogP contribution in [0.5, 0.6) is 5.75 Å². The molecule has 0 aliphatic rings. The molecule has 1 atom stereocenters. The molecule has 1 unspecified atom stereocenters. The van der Waals surface area contributed by atoms with Crippen LogP contribution in [-0.2, 0) is 6.61 Å². The molecule has 0 aliphatic heterocycles. The number of benzene rings is 2. The number of aliphatic hydroxyl groups is 1. The Morgan fingerprint density at radius 2 is 1.80 bits per heavy atom. The molecule has 2 heteroatoms. The molecule has 0 saturated heterocycles. The molecule has 0 radical (unpaired) electrons. The summed E-state index contributed by atoms with van der Waals surface area (Å²) in [4.78, 5) is 0. The van der Waals surface area contributed by atoms with Gasteiger partial charge in [0.2, 0.25) is 0 Å². The molecule has 0 bridgehead atoms. The second kappa shape index (κ2) is 7.11. The van der Waals surface area contributed by atoms with Gasteiger partial charge in [0.1, 0.15) is 5.75 Å². The molecular formula is C18H22O2. The average molecular weight is 270 g/mol. The molecule has 0 spiro atoms. The van der Waals surface area contributed by atoms with Crippen LogP contribution in [0.25, 0.3) is 0 Å². The highest BCUT2D eigenvalue weighted by molar-refractivity contribution is 5.43. The van der Waals surface area contributed by atoms with Crippen molar-refractivity contribution in [2.24, 2.45) is 0 Å². The van der Waals surface area contributed by atoms with E-state index in [9.17, 15) is 10.2 Å². The van der Waals surface area contributed by atoms with Gasteiger partial charge in [0.15, 0.2) is 0 Å². The minimum atomic E-state index is 0.00255. The largest absolute Gasteiger partial charge is 0.508 e. The summed E-state index contributed by atoms with van der Waals surface area (Å²) >= 11 is 0. The molecule has 0 amide bonds. The third-order valence-corrected chi connectivity index (χ3v) is 3.70. The van der Waals surface area contributed by atoms with E-state index < -0.39 is 0 Å². The summed E-state index contributed by atoms with van der Waals surface area (Å²) < 4.78 is 0. The number of aliphatic hydroxyl groups excluding tert-OH is 1. The van der Waals surface area contributed by atoms with Gasteiger partial charge in [-0.05, 0) is 29.7 Å². The van der Waals surface area contributed by atoms with Crippen LogP contribution in [0.2, 0.25) is 0 Å². The van der Waals surface area contributed by atoms with E-state index in [4.69, 9.17) is 0 Å². The van der Waals surface area contributed by atoms with E-state index in [-0.39, 0.29) is 12.5 Å². The van der Waals surface area contributed by atoms with E-state index in [1.165, 1.54) is 5.56 Å². The zero-order valence-electron chi connectivity index (χ0n) is 11.9. The van der Waals surface area contributed by atoms with Crippen LogP contribution in [0.1, 0.15) is 48.8 Å². The molecule has 2 rings (SSSR count). The quantitative estimate of drug-likeness (QED) is 0.825. The second-order valence-electron chi connectivity index (χ2n) is 5.16. The number of hydrogen-bond acceptors (Lipinski definition) is 2. The van der Waals surface area contributed by atoms with Crippen LogP contribution >= 0.6 is 0 Å². The first kappa shape index (κ1) is 14.6. The molecular weight excluding hydrogens is 248 g/mol. The lowest BCUT2D eigenvalue weighted by molar-refractivity contribution is 0.281. The topological polar surface area (TPSA) is 40.5 Å². The van der Waals surface area contributed by atoms with Gasteiger partial charge < -0.3 is 10.2 Å². The van der Waals surface area contributed by atoms with Crippen molar-refractivity contribution in [3.63, 3.8) is 0 Å². The van der Waals surface area contributed by atoms with Crippen molar-refractivity contribution in [1.82, 2.24) is 0 Å². The monoisotopic (exact) mass is 270 g/mol. The van der Waals surface area contributed by atoms with Crippen LogP contribution < -0.4 is 0 Å². The van der Waals surface area contributed by atoms with Gasteiger partial charge >= 0.3 is 0 Å². The number of aromatic hydroxyl groups is 1. The van der Waals surface area contributed by atoms with Crippen molar-refractivity contribution in [3.05, 3.63) is 65.2 Å². The second-order valence-corrected chi connectivity index (χ2v) is 5.16. The number of phenols is 1. The van der Waals surface area contributed by atoms with Crippen molar-refractivity contribution in [3.8, 4) is 5.75 Å². The van der Waals surface area contributed by atoms with E-state index in [0.717, 1.165) is 30.4 Å². The molecule has 2 N–H and O–H groups in total. The van der Waals surface area contributed by atoms with Gasteiger partial charge in [-0.15, -0.1) is 0 Å². The van der Waals surface area contributed by atoms with Gasteiger partial charge in [0, 0.05) is 11.5 Å². The molecule has 0 heterocycles. The first-order valence-electron chi connectivity index (χ1n) is 7.23. The lowest BCUT2D eigenvalue weighted by Gasteiger charge is -2.19. The maximum Gasteiger partial charge on any atom is 0.119 e. The number of hydrogen-bond donors (Lipinski definition) is 2. The fourth-order valence-corrected chi connectivity index (χ4v) is 2.58. The Bertz CT molecular complexity index is 534. The van der Waals surface area contributed by atoms with Gasteiger partial charge in [0.05, 0.1) is 6.61 Å². The maximum absolute atomic E-state index is 10.2. The Balaban J connectivity index is 2.40. The number of unbranched alkanes of at least 4 members (excludes halogenated alkanes) is 1. The fourth-order valence-electron chi connectivity index (χ4n) is 2.58. The summed E-state index contributed by atoms with van der Waals surface area (Å²) in [7, 11) is 0. The lowest BCUT2D eigenvalue weighted by atomic mass is 9.86. The Hall–Kier alpha value is -1.80. The predicted octanol–water partition coefficient (Wildman–Crippen LogP) is 4.21. The molecule has 0 aromatic heterocycles. The zero-order valence-corrected chi connectivity index (χ0v) is 11.9. The SMILES string of the molecule is CCCCC(c1ccccc1)c1cc(CO)ccc1O. The third-order valence-electron chi connectivity index (χ3n) is 3.70. The van der Waals surface area contributed by atoms with E-state index in [1.807, 2.05) is 24.3 Å².